The highest BCUT2D eigenvalue weighted by Crippen LogP contribution is 2.30. The number of carboxylic acids is 1. The van der Waals surface area contributed by atoms with Gasteiger partial charge < -0.3 is 20.3 Å². The molecule has 0 atom stereocenters. The van der Waals surface area contributed by atoms with Crippen LogP contribution in [0, 0.1) is 5.82 Å². The lowest BCUT2D eigenvalue weighted by atomic mass is 10.0. The van der Waals surface area contributed by atoms with Crippen LogP contribution in [0.2, 0.25) is 0 Å². The normalized spacial score (nSPS) is 22.5. The molecular weight excluding hydrogens is 339 g/mol. The van der Waals surface area contributed by atoms with Crippen LogP contribution in [0.15, 0.2) is 23.1 Å². The molecule has 0 radical (unpaired) electrons. The molecule has 5 rings (SSSR count). The fourth-order valence-corrected chi connectivity index (χ4v) is 4.11. The van der Waals surface area contributed by atoms with Crippen molar-refractivity contribution < 1.29 is 14.3 Å². The van der Waals surface area contributed by atoms with Crippen molar-refractivity contribution in [1.29, 1.82) is 0 Å². The number of anilines is 1. The van der Waals surface area contributed by atoms with Crippen LogP contribution in [0.25, 0.3) is 10.9 Å². The largest absolute Gasteiger partial charge is 0.477 e. The van der Waals surface area contributed by atoms with E-state index >= 15 is 0 Å². The minimum absolute atomic E-state index is 0.203. The molecule has 1 aromatic heterocycles. The second-order valence-electron chi connectivity index (χ2n) is 6.86. The van der Waals surface area contributed by atoms with Crippen LogP contribution in [-0.4, -0.2) is 59.9 Å². The summed E-state index contributed by atoms with van der Waals surface area (Å²) in [6, 6.07) is 3.50. The molecule has 3 aliphatic rings. The third-order valence-electron chi connectivity index (χ3n) is 5.50. The van der Waals surface area contributed by atoms with E-state index in [0.29, 0.717) is 11.6 Å². The SMILES string of the molecule is CNn1cc(C(=O)O)c(=O)c2c(F)cc(N3CCN4CCC3CC4)cc21. The lowest BCUT2D eigenvalue weighted by Crippen LogP contribution is -2.38. The summed E-state index contributed by atoms with van der Waals surface area (Å²) >= 11 is 0. The molecule has 3 saturated heterocycles. The Morgan fingerprint density at radius 1 is 1.23 bits per heavy atom. The van der Waals surface area contributed by atoms with E-state index in [9.17, 15) is 19.1 Å². The molecule has 26 heavy (non-hydrogen) atoms. The third-order valence-corrected chi connectivity index (χ3v) is 5.50. The van der Waals surface area contributed by atoms with Gasteiger partial charge in [-0.05, 0) is 25.0 Å². The third kappa shape index (κ3) is 2.61. The number of carboxylic acid groups (broad SMARTS) is 1. The number of rotatable bonds is 3. The van der Waals surface area contributed by atoms with Gasteiger partial charge >= 0.3 is 5.97 Å². The summed E-state index contributed by atoms with van der Waals surface area (Å²) in [5, 5.41) is 9.02. The molecule has 2 bridgehead atoms. The van der Waals surface area contributed by atoms with E-state index in [0.717, 1.165) is 44.7 Å². The van der Waals surface area contributed by atoms with Crippen molar-refractivity contribution in [3.63, 3.8) is 0 Å². The molecular formula is C18H21FN4O3. The summed E-state index contributed by atoms with van der Waals surface area (Å²) in [5.41, 5.74) is 2.63. The summed E-state index contributed by atoms with van der Waals surface area (Å²) in [6.45, 7) is 3.86. The Morgan fingerprint density at radius 3 is 2.62 bits per heavy atom. The first-order valence-corrected chi connectivity index (χ1v) is 8.78. The van der Waals surface area contributed by atoms with Crippen LogP contribution in [0.5, 0.6) is 0 Å². The number of pyridine rings is 1. The van der Waals surface area contributed by atoms with Gasteiger partial charge in [-0.1, -0.05) is 0 Å². The van der Waals surface area contributed by atoms with E-state index in [1.54, 1.807) is 13.1 Å². The number of halogens is 1. The molecule has 0 saturated carbocycles. The van der Waals surface area contributed by atoms with Crippen molar-refractivity contribution >= 4 is 22.6 Å². The van der Waals surface area contributed by atoms with Gasteiger partial charge in [0.25, 0.3) is 0 Å². The average Bonchev–Trinajstić information content (AvgIpc) is 2.95. The van der Waals surface area contributed by atoms with E-state index in [1.165, 1.54) is 16.9 Å². The first-order valence-electron chi connectivity index (χ1n) is 8.78. The van der Waals surface area contributed by atoms with Gasteiger partial charge in [-0.15, -0.1) is 0 Å². The minimum Gasteiger partial charge on any atom is -0.477 e. The summed E-state index contributed by atoms with van der Waals surface area (Å²) in [4.78, 5) is 28.4. The topological polar surface area (TPSA) is 77.8 Å². The van der Waals surface area contributed by atoms with Crippen LogP contribution in [0.4, 0.5) is 10.1 Å². The second kappa shape index (κ2) is 6.28. The number of fused-ring (bicyclic) bond motifs is 5. The van der Waals surface area contributed by atoms with Crippen molar-refractivity contribution in [2.75, 3.05) is 43.6 Å². The van der Waals surface area contributed by atoms with Crippen molar-refractivity contribution in [3.05, 3.63) is 39.9 Å². The predicted octanol–water partition coefficient (Wildman–Crippen LogP) is 1.30. The first-order chi connectivity index (χ1) is 12.5. The number of piperidine rings is 1. The van der Waals surface area contributed by atoms with E-state index in [1.807, 2.05) is 0 Å². The molecule has 0 amide bonds. The standard InChI is InChI=1S/C18H21FN4O3/c1-20-23-10-13(18(25)26)17(24)16-14(19)8-12(9-15(16)23)22-7-6-21-4-2-11(22)3-5-21/h8-11,20H,2-7H2,1H3,(H,25,26). The number of aromatic nitrogens is 1. The Labute approximate surface area is 149 Å². The van der Waals surface area contributed by atoms with Gasteiger partial charge in [0.2, 0.25) is 5.43 Å². The second-order valence-corrected chi connectivity index (χ2v) is 6.86. The number of nitrogens with zero attached hydrogens (tertiary/aromatic N) is 3. The maximum absolute atomic E-state index is 14.9. The lowest BCUT2D eigenvalue weighted by Gasteiger charge is -2.33. The zero-order chi connectivity index (χ0) is 18.4. The highest BCUT2D eigenvalue weighted by molar-refractivity contribution is 5.93. The Hall–Kier alpha value is -2.61. The molecule has 7 nitrogen and oxygen atoms in total. The van der Waals surface area contributed by atoms with E-state index in [4.69, 9.17) is 0 Å². The average molecular weight is 360 g/mol. The van der Waals surface area contributed by atoms with Gasteiger partial charge in [0, 0.05) is 51.2 Å². The van der Waals surface area contributed by atoms with Crippen molar-refractivity contribution in [1.82, 2.24) is 9.58 Å². The van der Waals surface area contributed by atoms with Gasteiger partial charge in [0.05, 0.1) is 10.9 Å². The number of hydrogen-bond acceptors (Lipinski definition) is 5. The fourth-order valence-electron chi connectivity index (χ4n) is 4.11. The van der Waals surface area contributed by atoms with Crippen LogP contribution < -0.4 is 15.8 Å². The molecule has 1 aromatic carbocycles. The van der Waals surface area contributed by atoms with Crippen LogP contribution in [0.1, 0.15) is 23.2 Å². The molecule has 0 spiro atoms. The highest BCUT2D eigenvalue weighted by Gasteiger charge is 2.30. The van der Waals surface area contributed by atoms with Gasteiger partial charge in [0.15, 0.2) is 0 Å². The van der Waals surface area contributed by atoms with Crippen LogP contribution >= 0.6 is 0 Å². The molecule has 138 valence electrons. The number of benzene rings is 1. The van der Waals surface area contributed by atoms with Crippen molar-refractivity contribution in [2.45, 2.75) is 18.9 Å². The maximum atomic E-state index is 14.9. The van der Waals surface area contributed by atoms with Gasteiger partial charge in [-0.2, -0.15) is 0 Å². The van der Waals surface area contributed by atoms with Gasteiger partial charge in [-0.3, -0.25) is 9.47 Å². The molecule has 2 aromatic rings. The minimum atomic E-state index is -1.37. The predicted molar refractivity (Wildman–Crippen MR) is 97.2 cm³/mol. The number of nitrogens with one attached hydrogen (secondary N) is 1. The number of hydrogen-bond donors (Lipinski definition) is 2. The molecule has 0 aliphatic carbocycles. The monoisotopic (exact) mass is 360 g/mol. The summed E-state index contributed by atoms with van der Waals surface area (Å²) in [6.07, 6.45) is 3.28. The van der Waals surface area contributed by atoms with Gasteiger partial charge in [0.1, 0.15) is 11.4 Å². The summed E-state index contributed by atoms with van der Waals surface area (Å²) in [5.74, 6) is -2.06. The Kier molecular flexibility index (Phi) is 4.07. The fraction of sp³-hybridized carbons (Fsp3) is 0.444. The molecule has 3 fully saturated rings. The quantitative estimate of drug-likeness (QED) is 0.859. The zero-order valence-electron chi connectivity index (χ0n) is 14.5. The maximum Gasteiger partial charge on any atom is 0.341 e. The Balaban J connectivity index is 1.90. The highest BCUT2D eigenvalue weighted by atomic mass is 19.1. The van der Waals surface area contributed by atoms with Crippen LogP contribution in [0.3, 0.4) is 0 Å². The van der Waals surface area contributed by atoms with Crippen molar-refractivity contribution in [2.24, 2.45) is 0 Å². The van der Waals surface area contributed by atoms with Crippen molar-refractivity contribution in [3.8, 4) is 0 Å². The lowest BCUT2D eigenvalue weighted by molar-refractivity contribution is 0.0695. The van der Waals surface area contributed by atoms with Crippen LogP contribution in [-0.2, 0) is 0 Å². The zero-order valence-corrected chi connectivity index (χ0v) is 14.5. The Morgan fingerprint density at radius 2 is 1.96 bits per heavy atom. The molecule has 2 N–H and O–H groups in total. The van der Waals surface area contributed by atoms with E-state index in [2.05, 4.69) is 15.2 Å². The molecule has 8 heteroatoms. The first kappa shape index (κ1) is 16.8. The number of aromatic carboxylic acids is 1. The molecule has 3 aliphatic heterocycles. The van der Waals surface area contributed by atoms with Gasteiger partial charge in [-0.25, -0.2) is 9.18 Å². The van der Waals surface area contributed by atoms with E-state index in [-0.39, 0.29) is 5.39 Å². The molecule has 0 unspecified atom stereocenters. The molecule has 4 heterocycles. The smallest absolute Gasteiger partial charge is 0.341 e. The summed E-state index contributed by atoms with van der Waals surface area (Å²) in [7, 11) is 1.60. The number of carbonyl (C=O) groups is 1. The Bertz CT molecular complexity index is 934. The van der Waals surface area contributed by atoms with E-state index < -0.39 is 22.8 Å². The summed E-state index contributed by atoms with van der Waals surface area (Å²) < 4.78 is 16.3.